The fourth-order valence-corrected chi connectivity index (χ4v) is 5.11. The number of piperazine rings is 1. The van der Waals surface area contributed by atoms with E-state index in [0.29, 0.717) is 0 Å². The van der Waals surface area contributed by atoms with Gasteiger partial charge in [-0.05, 0) is 57.3 Å². The SMILES string of the molecule is CC.COc1ccc(C23CCC(OC(=O)N4CCN(C)CC4)=CC2N(C)CC3)cc1OC. The lowest BCUT2D eigenvalue weighted by Crippen LogP contribution is -2.47. The Hall–Kier alpha value is -2.25. The third kappa shape index (κ3) is 4.74. The third-order valence-electron chi connectivity index (χ3n) is 7.05. The molecule has 0 radical (unpaired) electrons. The highest BCUT2D eigenvalue weighted by Gasteiger charge is 2.48. The third-order valence-corrected chi connectivity index (χ3v) is 7.05. The first kappa shape index (κ1) is 24.4. The second-order valence-corrected chi connectivity index (χ2v) is 8.69. The van der Waals surface area contributed by atoms with Crippen LogP contribution in [0.5, 0.6) is 11.5 Å². The van der Waals surface area contributed by atoms with Gasteiger partial charge < -0.3 is 24.0 Å². The fourth-order valence-electron chi connectivity index (χ4n) is 5.11. The number of carbonyl (C=O) groups excluding carboxylic acids is 1. The zero-order valence-electron chi connectivity index (χ0n) is 20.5. The Morgan fingerprint density at radius 2 is 1.66 bits per heavy atom. The normalized spacial score (nSPS) is 25.9. The number of nitrogens with zero attached hydrogens (tertiary/aromatic N) is 3. The number of allylic oxidation sites excluding steroid dienone is 1. The Morgan fingerprint density at radius 3 is 2.31 bits per heavy atom. The summed E-state index contributed by atoms with van der Waals surface area (Å²) in [6, 6.07) is 6.45. The van der Waals surface area contributed by atoms with Crippen LogP contribution in [0.25, 0.3) is 0 Å². The summed E-state index contributed by atoms with van der Waals surface area (Å²) in [5.41, 5.74) is 1.26. The number of methoxy groups -OCH3 is 2. The van der Waals surface area contributed by atoms with Crippen LogP contribution in [0.3, 0.4) is 0 Å². The molecule has 0 aromatic heterocycles. The van der Waals surface area contributed by atoms with Crippen LogP contribution in [0.1, 0.15) is 38.7 Å². The molecule has 0 saturated carbocycles. The molecule has 0 bridgehead atoms. The van der Waals surface area contributed by atoms with Crippen LogP contribution in [-0.2, 0) is 10.2 Å². The van der Waals surface area contributed by atoms with Crippen molar-refractivity contribution in [3.8, 4) is 11.5 Å². The lowest BCUT2D eigenvalue weighted by Gasteiger charge is -2.40. The van der Waals surface area contributed by atoms with E-state index in [2.05, 4.69) is 42.1 Å². The van der Waals surface area contributed by atoms with E-state index in [4.69, 9.17) is 14.2 Å². The predicted molar refractivity (Wildman–Crippen MR) is 126 cm³/mol. The monoisotopic (exact) mass is 445 g/mol. The topological polar surface area (TPSA) is 54.5 Å². The number of amides is 1. The smallest absolute Gasteiger partial charge is 0.414 e. The van der Waals surface area contributed by atoms with Gasteiger partial charge in [-0.2, -0.15) is 0 Å². The first-order valence-corrected chi connectivity index (χ1v) is 11.8. The van der Waals surface area contributed by atoms with Crippen LogP contribution in [0, 0.1) is 0 Å². The summed E-state index contributed by atoms with van der Waals surface area (Å²) in [6.07, 6.45) is 4.73. The fraction of sp³-hybridized carbons (Fsp3) is 0.640. The highest BCUT2D eigenvalue weighted by atomic mass is 16.6. The molecular weight excluding hydrogens is 406 g/mol. The molecule has 2 saturated heterocycles. The first-order chi connectivity index (χ1) is 15.5. The molecule has 0 N–H and O–H groups in total. The molecule has 3 aliphatic rings. The number of hydrogen-bond acceptors (Lipinski definition) is 6. The number of ether oxygens (including phenoxy) is 3. The standard InChI is InChI=1S/C23H33N3O4.C2H6/c1-24-11-13-26(14-12-24)22(27)30-18-7-8-23(9-10-25(2)21(23)16-18)17-5-6-19(28-3)20(15-17)29-4;1-2/h5-6,15-16,21H,7-14H2,1-4H3;1-2H3. The molecule has 2 aliphatic heterocycles. The lowest BCUT2D eigenvalue weighted by atomic mass is 9.68. The quantitative estimate of drug-likeness (QED) is 0.704. The molecule has 7 nitrogen and oxygen atoms in total. The van der Waals surface area contributed by atoms with Gasteiger partial charge in [-0.25, -0.2) is 4.79 Å². The van der Waals surface area contributed by atoms with Crippen LogP contribution in [0.15, 0.2) is 30.0 Å². The number of likely N-dealkylation sites (N-methyl/N-ethyl adjacent to an activating group) is 2. The molecule has 2 unspecified atom stereocenters. The maximum Gasteiger partial charge on any atom is 0.414 e. The van der Waals surface area contributed by atoms with Gasteiger partial charge in [-0.15, -0.1) is 0 Å². The summed E-state index contributed by atoms with van der Waals surface area (Å²) >= 11 is 0. The molecule has 2 heterocycles. The minimum Gasteiger partial charge on any atom is -0.493 e. The summed E-state index contributed by atoms with van der Waals surface area (Å²) in [5.74, 6) is 2.30. The lowest BCUT2D eigenvalue weighted by molar-refractivity contribution is 0.0956. The molecule has 1 aliphatic carbocycles. The highest BCUT2D eigenvalue weighted by molar-refractivity contribution is 5.69. The summed E-state index contributed by atoms with van der Waals surface area (Å²) in [7, 11) is 7.56. The van der Waals surface area contributed by atoms with Crippen molar-refractivity contribution in [3.63, 3.8) is 0 Å². The average Bonchev–Trinajstić information content (AvgIpc) is 3.17. The van der Waals surface area contributed by atoms with Gasteiger partial charge in [0.2, 0.25) is 0 Å². The minimum absolute atomic E-state index is 0.00194. The highest BCUT2D eigenvalue weighted by Crippen LogP contribution is 2.49. The van der Waals surface area contributed by atoms with Gasteiger partial charge in [0, 0.05) is 44.1 Å². The molecule has 1 aromatic carbocycles. The van der Waals surface area contributed by atoms with Crippen LogP contribution < -0.4 is 9.47 Å². The summed E-state index contributed by atoms with van der Waals surface area (Å²) in [6.45, 7) is 8.24. The number of benzene rings is 1. The van der Waals surface area contributed by atoms with Crippen molar-refractivity contribution >= 4 is 6.09 Å². The molecule has 1 amide bonds. The Bertz CT molecular complexity index is 819. The van der Waals surface area contributed by atoms with E-state index in [1.54, 1.807) is 14.2 Å². The molecule has 4 rings (SSSR count). The summed E-state index contributed by atoms with van der Waals surface area (Å²) in [5, 5.41) is 0. The number of rotatable bonds is 4. The van der Waals surface area contributed by atoms with E-state index in [1.807, 2.05) is 24.8 Å². The Morgan fingerprint density at radius 1 is 0.969 bits per heavy atom. The van der Waals surface area contributed by atoms with Gasteiger partial charge >= 0.3 is 6.09 Å². The molecule has 2 atom stereocenters. The number of hydrogen-bond donors (Lipinski definition) is 0. The van der Waals surface area contributed by atoms with E-state index < -0.39 is 0 Å². The van der Waals surface area contributed by atoms with Gasteiger partial charge in [-0.1, -0.05) is 19.9 Å². The van der Waals surface area contributed by atoms with Crippen LogP contribution in [-0.4, -0.2) is 87.9 Å². The zero-order chi connectivity index (χ0) is 23.3. The maximum atomic E-state index is 12.7. The van der Waals surface area contributed by atoms with Crippen molar-refractivity contribution < 1.29 is 19.0 Å². The Balaban J connectivity index is 0.00000141. The summed E-state index contributed by atoms with van der Waals surface area (Å²) in [4.78, 5) is 19.1. The number of likely N-dealkylation sites (tertiary alicyclic amines) is 1. The molecule has 178 valence electrons. The zero-order valence-corrected chi connectivity index (χ0v) is 20.5. The van der Waals surface area contributed by atoms with Crippen LogP contribution in [0.2, 0.25) is 0 Å². The average molecular weight is 446 g/mol. The predicted octanol–water partition coefficient (Wildman–Crippen LogP) is 3.73. The largest absolute Gasteiger partial charge is 0.493 e. The van der Waals surface area contributed by atoms with Crippen LogP contribution in [0.4, 0.5) is 4.79 Å². The van der Waals surface area contributed by atoms with Crippen molar-refractivity contribution in [2.75, 3.05) is 61.0 Å². The molecule has 2 fully saturated rings. The molecule has 0 spiro atoms. The van der Waals surface area contributed by atoms with Gasteiger partial charge in [0.25, 0.3) is 0 Å². The van der Waals surface area contributed by atoms with Gasteiger partial charge in [-0.3, -0.25) is 4.90 Å². The van der Waals surface area contributed by atoms with Gasteiger partial charge in [0.05, 0.1) is 14.2 Å². The first-order valence-electron chi connectivity index (χ1n) is 11.8. The van der Waals surface area contributed by atoms with Crippen molar-refractivity contribution in [2.24, 2.45) is 0 Å². The van der Waals surface area contributed by atoms with Crippen molar-refractivity contribution in [3.05, 3.63) is 35.6 Å². The number of carbonyl (C=O) groups is 1. The van der Waals surface area contributed by atoms with Crippen molar-refractivity contribution in [2.45, 2.75) is 44.6 Å². The minimum atomic E-state index is -0.214. The van der Waals surface area contributed by atoms with Crippen molar-refractivity contribution in [1.29, 1.82) is 0 Å². The van der Waals surface area contributed by atoms with E-state index >= 15 is 0 Å². The van der Waals surface area contributed by atoms with Crippen LogP contribution >= 0.6 is 0 Å². The Kier molecular flexibility index (Phi) is 8.06. The maximum absolute atomic E-state index is 12.7. The molecule has 7 heteroatoms. The number of fused-ring (bicyclic) bond motifs is 1. The molecule has 32 heavy (non-hydrogen) atoms. The van der Waals surface area contributed by atoms with E-state index in [-0.39, 0.29) is 17.6 Å². The van der Waals surface area contributed by atoms with E-state index in [1.165, 1.54) is 5.56 Å². The van der Waals surface area contributed by atoms with Crippen molar-refractivity contribution in [1.82, 2.24) is 14.7 Å². The second kappa shape index (κ2) is 10.6. The molecule has 1 aromatic rings. The second-order valence-electron chi connectivity index (χ2n) is 8.69. The van der Waals surface area contributed by atoms with Gasteiger partial charge in [0.15, 0.2) is 11.5 Å². The molecular formula is C25H39N3O4. The van der Waals surface area contributed by atoms with E-state index in [9.17, 15) is 4.79 Å². The van der Waals surface area contributed by atoms with Gasteiger partial charge in [0.1, 0.15) is 5.76 Å². The summed E-state index contributed by atoms with van der Waals surface area (Å²) < 4.78 is 16.8. The van der Waals surface area contributed by atoms with E-state index in [0.717, 1.165) is 69.2 Å². The Labute approximate surface area is 192 Å².